The largest absolute Gasteiger partial charge is 0.496 e. The molecule has 2 rings (SSSR count). The molecule has 0 radical (unpaired) electrons. The molecule has 122 valence electrons. The molecule has 0 amide bonds. The van der Waals surface area contributed by atoms with Gasteiger partial charge in [0.1, 0.15) is 39.0 Å². The van der Waals surface area contributed by atoms with Crippen LogP contribution >= 0.6 is 0 Å². The summed E-state index contributed by atoms with van der Waals surface area (Å²) in [6.45, 7) is 3.86. The molecule has 1 aromatic carbocycles. The van der Waals surface area contributed by atoms with E-state index < -0.39 is 0 Å². The quantitative estimate of drug-likeness (QED) is 0.730. The van der Waals surface area contributed by atoms with Crippen LogP contribution in [0.3, 0.4) is 0 Å². The van der Waals surface area contributed by atoms with Crippen molar-refractivity contribution in [2.45, 2.75) is 0 Å². The van der Waals surface area contributed by atoms with Crippen LogP contribution in [0.4, 0.5) is 0 Å². The van der Waals surface area contributed by atoms with E-state index in [1.54, 1.807) is 0 Å². The monoisotopic (exact) mass is 310 g/mol. The van der Waals surface area contributed by atoms with Crippen LogP contribution in [-0.2, 0) is 18.9 Å². The summed E-state index contributed by atoms with van der Waals surface area (Å²) in [5.41, 5.74) is 0. The minimum atomic E-state index is 0.421. The van der Waals surface area contributed by atoms with Gasteiger partial charge in [-0.15, -0.1) is 0 Å². The number of benzene rings is 1. The van der Waals surface area contributed by atoms with Gasteiger partial charge in [-0.3, -0.25) is 0 Å². The third kappa shape index (κ3) is 6.69. The van der Waals surface area contributed by atoms with E-state index >= 15 is 0 Å². The van der Waals surface area contributed by atoms with Gasteiger partial charge < -0.3 is 28.4 Å². The summed E-state index contributed by atoms with van der Waals surface area (Å²) in [7, 11) is 0. The van der Waals surface area contributed by atoms with E-state index in [0.717, 1.165) is 0 Å². The molecule has 0 aromatic heterocycles. The Balaban J connectivity index is 1.83. The molecule has 1 aliphatic heterocycles. The smallest absolute Gasteiger partial charge is 0.161 e. The maximum absolute atomic E-state index is 5.67. The van der Waals surface area contributed by atoms with Crippen LogP contribution in [0.15, 0.2) is 36.8 Å². The van der Waals surface area contributed by atoms with Gasteiger partial charge in [0, 0.05) is 0 Å². The Labute approximate surface area is 130 Å². The van der Waals surface area contributed by atoms with E-state index in [4.69, 9.17) is 28.4 Å². The molecule has 0 fully saturated rings. The molecular formula is C16H22O6. The molecule has 0 bridgehead atoms. The normalized spacial score (nSPS) is 19.8. The number of rotatable bonds is 0. The molecule has 0 N–H and O–H groups in total. The topological polar surface area (TPSA) is 55.4 Å². The summed E-state index contributed by atoms with van der Waals surface area (Å²) in [5, 5.41) is 0. The van der Waals surface area contributed by atoms with Crippen molar-refractivity contribution < 1.29 is 28.4 Å². The first-order chi connectivity index (χ1) is 11.0. The molecular weight excluding hydrogens is 288 g/mol. The van der Waals surface area contributed by atoms with E-state index in [1.165, 1.54) is 12.5 Å². The second-order valence-electron chi connectivity index (χ2n) is 4.38. The van der Waals surface area contributed by atoms with Crippen LogP contribution in [0.25, 0.3) is 0 Å². The van der Waals surface area contributed by atoms with Crippen LogP contribution < -0.4 is 9.47 Å². The zero-order valence-corrected chi connectivity index (χ0v) is 12.6. The van der Waals surface area contributed by atoms with E-state index in [9.17, 15) is 0 Å². The third-order valence-corrected chi connectivity index (χ3v) is 2.76. The number of para-hydroxylation sites is 2. The van der Waals surface area contributed by atoms with Gasteiger partial charge in [-0.2, -0.15) is 0 Å². The molecule has 0 unspecified atom stereocenters. The summed E-state index contributed by atoms with van der Waals surface area (Å²) < 4.78 is 32.6. The molecule has 1 aromatic rings. The van der Waals surface area contributed by atoms with Crippen molar-refractivity contribution >= 4 is 0 Å². The minimum Gasteiger partial charge on any atom is -0.496 e. The maximum atomic E-state index is 5.67. The predicted molar refractivity (Wildman–Crippen MR) is 80.1 cm³/mol. The van der Waals surface area contributed by atoms with Crippen molar-refractivity contribution in [2.24, 2.45) is 0 Å². The number of hydrogen-bond acceptors (Lipinski definition) is 6. The molecule has 0 spiro atoms. The third-order valence-electron chi connectivity index (χ3n) is 2.76. The second kappa shape index (κ2) is 10.8. The lowest BCUT2D eigenvalue weighted by Gasteiger charge is -2.13. The van der Waals surface area contributed by atoms with Crippen molar-refractivity contribution in [1.82, 2.24) is 0 Å². The van der Waals surface area contributed by atoms with Crippen LogP contribution in [0.1, 0.15) is 0 Å². The fourth-order valence-electron chi connectivity index (χ4n) is 1.74. The first-order valence-electron chi connectivity index (χ1n) is 7.35. The zero-order valence-electron chi connectivity index (χ0n) is 12.6. The van der Waals surface area contributed by atoms with Crippen LogP contribution in [0.5, 0.6) is 11.5 Å². The van der Waals surface area contributed by atoms with E-state index in [1.807, 2.05) is 24.3 Å². The van der Waals surface area contributed by atoms with E-state index in [0.29, 0.717) is 64.4 Å². The lowest BCUT2D eigenvalue weighted by molar-refractivity contribution is 0.0213. The highest BCUT2D eigenvalue weighted by Crippen LogP contribution is 2.26. The molecule has 0 saturated heterocycles. The highest BCUT2D eigenvalue weighted by Gasteiger charge is 2.04. The Bertz CT molecular complexity index is 434. The van der Waals surface area contributed by atoms with Crippen LogP contribution in [0, 0.1) is 0 Å². The summed E-state index contributed by atoms with van der Waals surface area (Å²) in [5.74, 6) is 1.39. The predicted octanol–water partition coefficient (Wildman–Crippen LogP) is 2.00. The Morgan fingerprint density at radius 3 is 1.64 bits per heavy atom. The van der Waals surface area contributed by atoms with Gasteiger partial charge in [0.15, 0.2) is 11.5 Å². The first-order valence-corrected chi connectivity index (χ1v) is 7.35. The molecule has 0 aliphatic carbocycles. The van der Waals surface area contributed by atoms with Crippen molar-refractivity contribution in [1.29, 1.82) is 0 Å². The Hall–Kier alpha value is -1.92. The number of fused-ring (bicyclic) bond motifs is 1. The Morgan fingerprint density at radius 1 is 0.545 bits per heavy atom. The van der Waals surface area contributed by atoms with E-state index in [-0.39, 0.29) is 0 Å². The number of ether oxygens (including phenoxy) is 6. The zero-order chi connectivity index (χ0) is 15.3. The lowest BCUT2D eigenvalue weighted by atomic mass is 10.3. The average molecular weight is 310 g/mol. The Morgan fingerprint density at radius 2 is 1.00 bits per heavy atom. The fraction of sp³-hybridized carbons (Fsp3) is 0.500. The SMILES string of the molecule is C1=C\OCCOc2ccccc2OCCOCCOCCO/1. The highest BCUT2D eigenvalue weighted by molar-refractivity contribution is 5.39. The van der Waals surface area contributed by atoms with Gasteiger partial charge in [-0.05, 0) is 12.1 Å². The molecule has 6 nitrogen and oxygen atoms in total. The van der Waals surface area contributed by atoms with Crippen molar-refractivity contribution in [2.75, 3.05) is 52.9 Å². The maximum Gasteiger partial charge on any atom is 0.161 e. The average Bonchev–Trinajstić information content (AvgIpc) is 2.55. The summed E-state index contributed by atoms with van der Waals surface area (Å²) in [6, 6.07) is 7.53. The van der Waals surface area contributed by atoms with Crippen molar-refractivity contribution in [3.8, 4) is 11.5 Å². The highest BCUT2D eigenvalue weighted by atomic mass is 16.6. The van der Waals surface area contributed by atoms with E-state index in [2.05, 4.69) is 0 Å². The van der Waals surface area contributed by atoms with Gasteiger partial charge in [0.25, 0.3) is 0 Å². The minimum absolute atomic E-state index is 0.421. The van der Waals surface area contributed by atoms with Gasteiger partial charge in [0.05, 0.1) is 26.4 Å². The fourth-order valence-corrected chi connectivity index (χ4v) is 1.74. The molecule has 1 heterocycles. The van der Waals surface area contributed by atoms with Gasteiger partial charge >= 0.3 is 0 Å². The molecule has 0 atom stereocenters. The summed E-state index contributed by atoms with van der Waals surface area (Å²) in [4.78, 5) is 0. The summed E-state index contributed by atoms with van der Waals surface area (Å²) >= 11 is 0. The molecule has 0 saturated carbocycles. The molecule has 6 heteroatoms. The molecule has 22 heavy (non-hydrogen) atoms. The second-order valence-corrected chi connectivity index (χ2v) is 4.38. The standard InChI is InChI=1S/C16H22O6/c1-2-4-16-15(3-1)21-13-11-19-9-7-17-5-6-18-8-10-20-12-14-22-16/h1-4,7,9H,5-6,8,10-14H2/b9-7-. The number of hydrogen-bond donors (Lipinski definition) is 0. The lowest BCUT2D eigenvalue weighted by Crippen LogP contribution is -2.13. The van der Waals surface area contributed by atoms with Crippen LogP contribution in [-0.4, -0.2) is 52.9 Å². The van der Waals surface area contributed by atoms with Gasteiger partial charge in [-0.25, -0.2) is 0 Å². The van der Waals surface area contributed by atoms with Crippen LogP contribution in [0.2, 0.25) is 0 Å². The first kappa shape index (κ1) is 16.5. The Kier molecular flexibility index (Phi) is 8.04. The van der Waals surface area contributed by atoms with Gasteiger partial charge in [0.2, 0.25) is 0 Å². The van der Waals surface area contributed by atoms with Gasteiger partial charge in [-0.1, -0.05) is 12.1 Å². The summed E-state index contributed by atoms with van der Waals surface area (Å²) in [6.07, 6.45) is 3.00. The van der Waals surface area contributed by atoms with Crippen molar-refractivity contribution in [3.63, 3.8) is 0 Å². The molecule has 1 aliphatic rings. The van der Waals surface area contributed by atoms with Crippen molar-refractivity contribution in [3.05, 3.63) is 36.8 Å².